The molecule has 1 aromatic rings. The normalized spacial score (nSPS) is 15.5. The van der Waals surface area contributed by atoms with Crippen LogP contribution in [0.25, 0.3) is 0 Å². The van der Waals surface area contributed by atoms with Crippen LogP contribution >= 0.6 is 0 Å². The Hall–Kier alpha value is -1.71. The Balaban J connectivity index is 2.00. The SMILES string of the molecule is CCCNC(=O)COc1cccc2c1OC(C)(C)C2. The number of para-hydroxylation sites is 1. The lowest BCUT2D eigenvalue weighted by atomic mass is 10.0. The summed E-state index contributed by atoms with van der Waals surface area (Å²) in [7, 11) is 0. The van der Waals surface area contributed by atoms with Crippen molar-refractivity contribution in [1.82, 2.24) is 5.32 Å². The Morgan fingerprint density at radius 2 is 2.26 bits per heavy atom. The summed E-state index contributed by atoms with van der Waals surface area (Å²) >= 11 is 0. The molecule has 0 saturated carbocycles. The molecule has 4 nitrogen and oxygen atoms in total. The van der Waals surface area contributed by atoms with E-state index < -0.39 is 0 Å². The second kappa shape index (κ2) is 5.51. The number of nitrogens with one attached hydrogen (secondary N) is 1. The molecule has 1 heterocycles. The fourth-order valence-electron chi connectivity index (χ4n) is 2.16. The second-order valence-electron chi connectivity index (χ2n) is 5.42. The van der Waals surface area contributed by atoms with E-state index in [0.29, 0.717) is 12.3 Å². The maximum atomic E-state index is 11.5. The molecule has 0 fully saturated rings. The number of benzene rings is 1. The predicted molar refractivity (Wildman–Crippen MR) is 73.6 cm³/mol. The summed E-state index contributed by atoms with van der Waals surface area (Å²) in [6.07, 6.45) is 1.78. The van der Waals surface area contributed by atoms with Gasteiger partial charge in [0.1, 0.15) is 5.60 Å². The molecule has 104 valence electrons. The minimum atomic E-state index is -0.202. The van der Waals surface area contributed by atoms with E-state index in [1.807, 2.05) is 39.0 Å². The predicted octanol–water partition coefficient (Wildman–Crippen LogP) is 2.31. The van der Waals surface area contributed by atoms with Gasteiger partial charge in [-0.05, 0) is 26.3 Å². The van der Waals surface area contributed by atoms with Crippen LogP contribution in [-0.4, -0.2) is 24.7 Å². The van der Waals surface area contributed by atoms with Gasteiger partial charge < -0.3 is 14.8 Å². The molecule has 1 amide bonds. The molecule has 0 aromatic heterocycles. The van der Waals surface area contributed by atoms with Crippen molar-refractivity contribution in [2.75, 3.05) is 13.2 Å². The van der Waals surface area contributed by atoms with Crippen molar-refractivity contribution < 1.29 is 14.3 Å². The van der Waals surface area contributed by atoms with Crippen molar-refractivity contribution in [3.05, 3.63) is 23.8 Å². The summed E-state index contributed by atoms with van der Waals surface area (Å²) in [5, 5.41) is 2.78. The summed E-state index contributed by atoms with van der Waals surface area (Å²) in [4.78, 5) is 11.5. The van der Waals surface area contributed by atoms with Crippen LogP contribution in [-0.2, 0) is 11.2 Å². The van der Waals surface area contributed by atoms with Crippen LogP contribution < -0.4 is 14.8 Å². The molecule has 4 heteroatoms. The molecule has 1 aliphatic rings. The molecule has 1 N–H and O–H groups in total. The molecule has 1 aromatic carbocycles. The Labute approximate surface area is 114 Å². The summed E-state index contributed by atoms with van der Waals surface area (Å²) in [6.45, 7) is 6.81. The van der Waals surface area contributed by atoms with Gasteiger partial charge in [-0.2, -0.15) is 0 Å². The number of carbonyl (C=O) groups excluding carboxylic acids is 1. The van der Waals surface area contributed by atoms with E-state index >= 15 is 0 Å². The Morgan fingerprint density at radius 1 is 1.47 bits per heavy atom. The molecule has 0 atom stereocenters. The molecule has 2 rings (SSSR count). The zero-order valence-electron chi connectivity index (χ0n) is 11.8. The summed E-state index contributed by atoms with van der Waals surface area (Å²) in [5.74, 6) is 1.32. The molecule has 0 radical (unpaired) electrons. The van der Waals surface area contributed by atoms with Gasteiger partial charge in [0.2, 0.25) is 0 Å². The summed E-state index contributed by atoms with van der Waals surface area (Å²) < 4.78 is 11.4. The van der Waals surface area contributed by atoms with Crippen LogP contribution in [0.15, 0.2) is 18.2 Å². The van der Waals surface area contributed by atoms with E-state index in [2.05, 4.69) is 5.32 Å². The number of ether oxygens (including phenoxy) is 2. The maximum Gasteiger partial charge on any atom is 0.257 e. The Bertz CT molecular complexity index is 468. The maximum absolute atomic E-state index is 11.5. The quantitative estimate of drug-likeness (QED) is 0.886. The minimum absolute atomic E-state index is 0.0280. The number of hydrogen-bond acceptors (Lipinski definition) is 3. The van der Waals surface area contributed by atoms with Crippen LogP contribution in [0.3, 0.4) is 0 Å². The van der Waals surface area contributed by atoms with Crippen molar-refractivity contribution in [3.8, 4) is 11.5 Å². The van der Waals surface area contributed by atoms with E-state index in [9.17, 15) is 4.79 Å². The highest BCUT2D eigenvalue weighted by atomic mass is 16.5. The van der Waals surface area contributed by atoms with E-state index in [1.165, 1.54) is 0 Å². The van der Waals surface area contributed by atoms with Crippen LogP contribution in [0.4, 0.5) is 0 Å². The average Bonchev–Trinajstić information content (AvgIpc) is 2.68. The van der Waals surface area contributed by atoms with Gasteiger partial charge in [-0.15, -0.1) is 0 Å². The number of hydrogen-bond donors (Lipinski definition) is 1. The molecule has 0 saturated heterocycles. The summed E-state index contributed by atoms with van der Waals surface area (Å²) in [6, 6.07) is 5.81. The number of fused-ring (bicyclic) bond motifs is 1. The van der Waals surface area contributed by atoms with Gasteiger partial charge in [0.15, 0.2) is 18.1 Å². The van der Waals surface area contributed by atoms with Crippen molar-refractivity contribution >= 4 is 5.91 Å². The lowest BCUT2D eigenvalue weighted by Gasteiger charge is -2.18. The van der Waals surface area contributed by atoms with Gasteiger partial charge >= 0.3 is 0 Å². The van der Waals surface area contributed by atoms with Crippen LogP contribution in [0.5, 0.6) is 11.5 Å². The highest BCUT2D eigenvalue weighted by Gasteiger charge is 2.32. The smallest absolute Gasteiger partial charge is 0.257 e. The zero-order chi connectivity index (χ0) is 13.9. The highest BCUT2D eigenvalue weighted by molar-refractivity contribution is 5.77. The van der Waals surface area contributed by atoms with Crippen LogP contribution in [0, 0.1) is 0 Å². The molecular weight excluding hydrogens is 242 g/mol. The molecule has 0 unspecified atom stereocenters. The van der Waals surface area contributed by atoms with E-state index in [-0.39, 0.29) is 18.1 Å². The van der Waals surface area contributed by atoms with Gasteiger partial charge in [-0.25, -0.2) is 0 Å². The van der Waals surface area contributed by atoms with Gasteiger partial charge in [0.05, 0.1) is 0 Å². The second-order valence-corrected chi connectivity index (χ2v) is 5.42. The molecular formula is C15H21NO3. The van der Waals surface area contributed by atoms with Crippen molar-refractivity contribution in [2.24, 2.45) is 0 Å². The lowest BCUT2D eigenvalue weighted by Crippen LogP contribution is -2.29. The largest absolute Gasteiger partial charge is 0.483 e. The van der Waals surface area contributed by atoms with E-state index in [1.54, 1.807) is 0 Å². The fourth-order valence-corrected chi connectivity index (χ4v) is 2.16. The number of amides is 1. The molecule has 1 aliphatic heterocycles. The Kier molecular flexibility index (Phi) is 3.98. The monoisotopic (exact) mass is 263 g/mol. The standard InChI is InChI=1S/C15H21NO3/c1-4-8-16-13(17)10-18-12-7-5-6-11-9-15(2,3)19-14(11)12/h5-7H,4,8-10H2,1-3H3,(H,16,17). The van der Waals surface area contributed by atoms with Crippen molar-refractivity contribution in [3.63, 3.8) is 0 Å². The van der Waals surface area contributed by atoms with Crippen LogP contribution in [0.2, 0.25) is 0 Å². The molecule has 19 heavy (non-hydrogen) atoms. The van der Waals surface area contributed by atoms with Crippen molar-refractivity contribution in [2.45, 2.75) is 39.2 Å². The zero-order valence-corrected chi connectivity index (χ0v) is 11.8. The first-order chi connectivity index (χ1) is 9.02. The topological polar surface area (TPSA) is 47.6 Å². The molecule has 0 spiro atoms. The Morgan fingerprint density at radius 3 is 3.00 bits per heavy atom. The third kappa shape index (κ3) is 3.40. The summed E-state index contributed by atoms with van der Waals surface area (Å²) in [5.41, 5.74) is 0.934. The van der Waals surface area contributed by atoms with Gasteiger partial charge in [-0.3, -0.25) is 4.79 Å². The first-order valence-electron chi connectivity index (χ1n) is 6.72. The number of carbonyl (C=O) groups is 1. The van der Waals surface area contributed by atoms with Gasteiger partial charge in [0.25, 0.3) is 5.91 Å². The van der Waals surface area contributed by atoms with Gasteiger partial charge in [-0.1, -0.05) is 19.1 Å². The first-order valence-corrected chi connectivity index (χ1v) is 6.72. The molecule has 0 aliphatic carbocycles. The molecule has 0 bridgehead atoms. The van der Waals surface area contributed by atoms with Crippen LogP contribution in [0.1, 0.15) is 32.8 Å². The fraction of sp³-hybridized carbons (Fsp3) is 0.533. The van der Waals surface area contributed by atoms with Crippen molar-refractivity contribution in [1.29, 1.82) is 0 Å². The van der Waals surface area contributed by atoms with E-state index in [0.717, 1.165) is 24.2 Å². The lowest BCUT2D eigenvalue weighted by molar-refractivity contribution is -0.123. The van der Waals surface area contributed by atoms with E-state index in [4.69, 9.17) is 9.47 Å². The number of rotatable bonds is 5. The van der Waals surface area contributed by atoms with Gasteiger partial charge in [0, 0.05) is 18.5 Å². The minimum Gasteiger partial charge on any atom is -0.483 e. The average molecular weight is 263 g/mol. The third-order valence-electron chi connectivity index (χ3n) is 2.99. The highest BCUT2D eigenvalue weighted by Crippen LogP contribution is 2.41. The third-order valence-corrected chi connectivity index (χ3v) is 2.99. The first kappa shape index (κ1) is 13.7.